The SMILES string of the molecule is CN(Cc1nccc(N)n1)[C@H]1CCN(C(=O)c2ccc(Cl)s2)C1. The highest BCUT2D eigenvalue weighted by molar-refractivity contribution is 7.17. The molecular formula is C15H18ClN5OS. The second-order valence-electron chi connectivity index (χ2n) is 5.61. The van der Waals surface area contributed by atoms with Gasteiger partial charge in [-0.3, -0.25) is 9.69 Å². The number of amides is 1. The maximum absolute atomic E-state index is 12.4. The Labute approximate surface area is 143 Å². The Morgan fingerprint density at radius 2 is 2.35 bits per heavy atom. The summed E-state index contributed by atoms with van der Waals surface area (Å²) in [4.78, 5) is 25.6. The number of hydrogen-bond donors (Lipinski definition) is 1. The van der Waals surface area contributed by atoms with Gasteiger partial charge in [0, 0.05) is 25.3 Å². The molecule has 1 fully saturated rings. The lowest BCUT2D eigenvalue weighted by Crippen LogP contribution is -2.36. The van der Waals surface area contributed by atoms with E-state index >= 15 is 0 Å². The Hall–Kier alpha value is -1.70. The number of halogens is 1. The molecule has 0 spiro atoms. The van der Waals surface area contributed by atoms with Gasteiger partial charge in [-0.05, 0) is 31.7 Å². The molecule has 0 radical (unpaired) electrons. The average molecular weight is 352 g/mol. The van der Waals surface area contributed by atoms with E-state index in [9.17, 15) is 4.79 Å². The fourth-order valence-electron chi connectivity index (χ4n) is 2.71. The fraction of sp³-hybridized carbons (Fsp3) is 0.400. The van der Waals surface area contributed by atoms with Gasteiger partial charge in [-0.2, -0.15) is 0 Å². The molecule has 1 atom stereocenters. The van der Waals surface area contributed by atoms with Crippen LogP contribution in [0.4, 0.5) is 5.82 Å². The molecule has 3 heterocycles. The van der Waals surface area contributed by atoms with Crippen molar-refractivity contribution in [3.8, 4) is 0 Å². The van der Waals surface area contributed by atoms with Crippen molar-refractivity contribution in [2.24, 2.45) is 0 Å². The van der Waals surface area contributed by atoms with Gasteiger partial charge < -0.3 is 10.6 Å². The molecule has 0 saturated carbocycles. The minimum absolute atomic E-state index is 0.0537. The summed E-state index contributed by atoms with van der Waals surface area (Å²) in [7, 11) is 2.02. The predicted molar refractivity (Wildman–Crippen MR) is 91.5 cm³/mol. The first-order valence-corrected chi connectivity index (χ1v) is 8.54. The number of rotatable bonds is 4. The maximum Gasteiger partial charge on any atom is 0.264 e. The van der Waals surface area contributed by atoms with Crippen molar-refractivity contribution in [3.05, 3.63) is 39.4 Å². The summed E-state index contributed by atoms with van der Waals surface area (Å²) in [5.41, 5.74) is 5.68. The summed E-state index contributed by atoms with van der Waals surface area (Å²) in [5, 5.41) is 0. The van der Waals surface area contributed by atoms with Crippen LogP contribution in [0.3, 0.4) is 0 Å². The van der Waals surface area contributed by atoms with E-state index in [1.807, 2.05) is 11.9 Å². The van der Waals surface area contributed by atoms with Crippen LogP contribution in [0.2, 0.25) is 4.34 Å². The standard InChI is InChI=1S/C15H18ClN5OS/c1-20(9-14-18-6-4-13(17)19-14)10-5-7-21(8-10)15(22)11-2-3-12(16)23-11/h2-4,6,10H,5,7-9H2,1H3,(H2,17,18,19)/t10-/m0/s1. The van der Waals surface area contributed by atoms with Crippen LogP contribution in [0.15, 0.2) is 24.4 Å². The van der Waals surface area contributed by atoms with Crippen LogP contribution in [0.25, 0.3) is 0 Å². The molecule has 0 aliphatic carbocycles. The molecule has 8 heteroatoms. The monoisotopic (exact) mass is 351 g/mol. The number of carbonyl (C=O) groups excluding carboxylic acids is 1. The lowest BCUT2D eigenvalue weighted by molar-refractivity contribution is 0.0784. The molecule has 122 valence electrons. The Morgan fingerprint density at radius 1 is 1.52 bits per heavy atom. The summed E-state index contributed by atoms with van der Waals surface area (Å²) in [6, 6.07) is 5.51. The molecule has 1 aliphatic rings. The number of thiophene rings is 1. The van der Waals surface area contributed by atoms with Gasteiger partial charge in [0.2, 0.25) is 0 Å². The molecule has 1 aliphatic heterocycles. The summed E-state index contributed by atoms with van der Waals surface area (Å²) < 4.78 is 0.639. The zero-order valence-electron chi connectivity index (χ0n) is 12.8. The van der Waals surface area contributed by atoms with Crippen LogP contribution in [0.5, 0.6) is 0 Å². The highest BCUT2D eigenvalue weighted by atomic mass is 35.5. The summed E-state index contributed by atoms with van der Waals surface area (Å²) in [5.74, 6) is 1.22. The zero-order valence-corrected chi connectivity index (χ0v) is 14.3. The van der Waals surface area contributed by atoms with Gasteiger partial charge in [0.1, 0.15) is 11.6 Å². The fourth-order valence-corrected chi connectivity index (χ4v) is 3.73. The molecular weight excluding hydrogens is 334 g/mol. The van der Waals surface area contributed by atoms with Crippen molar-refractivity contribution in [2.75, 3.05) is 25.9 Å². The molecule has 2 aromatic heterocycles. The van der Waals surface area contributed by atoms with Gasteiger partial charge in [-0.25, -0.2) is 9.97 Å². The van der Waals surface area contributed by atoms with Gasteiger partial charge in [-0.1, -0.05) is 11.6 Å². The highest BCUT2D eigenvalue weighted by Crippen LogP contribution is 2.25. The molecule has 6 nitrogen and oxygen atoms in total. The second-order valence-corrected chi connectivity index (χ2v) is 7.33. The number of nitrogens with two attached hydrogens (primary N) is 1. The Kier molecular flexibility index (Phi) is 4.79. The molecule has 1 amide bonds. The topological polar surface area (TPSA) is 75.4 Å². The first-order valence-electron chi connectivity index (χ1n) is 7.35. The minimum atomic E-state index is 0.0537. The van der Waals surface area contributed by atoms with E-state index in [-0.39, 0.29) is 5.91 Å². The van der Waals surface area contributed by atoms with Crippen molar-refractivity contribution in [2.45, 2.75) is 19.0 Å². The van der Waals surface area contributed by atoms with Crippen LogP contribution in [-0.4, -0.2) is 51.9 Å². The maximum atomic E-state index is 12.4. The van der Waals surface area contributed by atoms with E-state index in [0.717, 1.165) is 13.0 Å². The second kappa shape index (κ2) is 6.82. The highest BCUT2D eigenvalue weighted by Gasteiger charge is 2.30. The minimum Gasteiger partial charge on any atom is -0.384 e. The molecule has 23 heavy (non-hydrogen) atoms. The molecule has 2 N–H and O–H groups in total. The zero-order chi connectivity index (χ0) is 16.4. The van der Waals surface area contributed by atoms with E-state index in [2.05, 4.69) is 14.9 Å². The van der Waals surface area contributed by atoms with Crippen molar-refractivity contribution < 1.29 is 4.79 Å². The van der Waals surface area contributed by atoms with Crippen molar-refractivity contribution in [1.82, 2.24) is 19.8 Å². The van der Waals surface area contributed by atoms with E-state index in [0.29, 0.717) is 40.0 Å². The van der Waals surface area contributed by atoms with E-state index in [1.54, 1.807) is 24.4 Å². The average Bonchev–Trinajstić information content (AvgIpc) is 3.15. The lowest BCUT2D eigenvalue weighted by Gasteiger charge is -2.23. The van der Waals surface area contributed by atoms with E-state index < -0.39 is 0 Å². The Bertz CT molecular complexity index is 707. The number of hydrogen-bond acceptors (Lipinski definition) is 6. The van der Waals surface area contributed by atoms with Crippen LogP contribution in [-0.2, 0) is 6.54 Å². The molecule has 1 saturated heterocycles. The number of nitrogens with zero attached hydrogens (tertiary/aromatic N) is 4. The predicted octanol–water partition coefficient (Wildman–Crippen LogP) is 2.12. The largest absolute Gasteiger partial charge is 0.384 e. The first kappa shape index (κ1) is 16.2. The Balaban J connectivity index is 1.59. The summed E-state index contributed by atoms with van der Waals surface area (Å²) in [6.07, 6.45) is 2.60. The number of likely N-dealkylation sites (N-methyl/N-ethyl adjacent to an activating group) is 1. The molecule has 0 aromatic carbocycles. The van der Waals surface area contributed by atoms with Gasteiger partial charge in [-0.15, -0.1) is 11.3 Å². The van der Waals surface area contributed by atoms with Crippen LogP contribution < -0.4 is 5.73 Å². The number of carbonyl (C=O) groups is 1. The quantitative estimate of drug-likeness (QED) is 0.913. The smallest absolute Gasteiger partial charge is 0.264 e. The third kappa shape index (κ3) is 3.80. The number of likely N-dealkylation sites (tertiary alicyclic amines) is 1. The number of anilines is 1. The van der Waals surface area contributed by atoms with Crippen molar-refractivity contribution in [3.63, 3.8) is 0 Å². The first-order chi connectivity index (χ1) is 11.0. The van der Waals surface area contributed by atoms with Crippen LogP contribution >= 0.6 is 22.9 Å². The van der Waals surface area contributed by atoms with Crippen LogP contribution in [0, 0.1) is 0 Å². The van der Waals surface area contributed by atoms with Gasteiger partial charge in [0.15, 0.2) is 0 Å². The normalized spacial score (nSPS) is 17.9. The lowest BCUT2D eigenvalue weighted by atomic mass is 10.2. The number of nitrogen functional groups attached to an aromatic ring is 1. The van der Waals surface area contributed by atoms with E-state index in [1.165, 1.54) is 11.3 Å². The summed E-state index contributed by atoms with van der Waals surface area (Å²) in [6.45, 7) is 2.07. The van der Waals surface area contributed by atoms with Crippen molar-refractivity contribution >= 4 is 34.7 Å². The van der Waals surface area contributed by atoms with Gasteiger partial charge >= 0.3 is 0 Å². The van der Waals surface area contributed by atoms with Crippen molar-refractivity contribution in [1.29, 1.82) is 0 Å². The van der Waals surface area contributed by atoms with Crippen LogP contribution in [0.1, 0.15) is 21.9 Å². The molecule has 2 aromatic rings. The third-order valence-electron chi connectivity index (χ3n) is 3.98. The Morgan fingerprint density at radius 3 is 3.04 bits per heavy atom. The summed E-state index contributed by atoms with van der Waals surface area (Å²) >= 11 is 7.23. The van der Waals surface area contributed by atoms with Gasteiger partial charge in [0.05, 0.1) is 15.8 Å². The van der Waals surface area contributed by atoms with Gasteiger partial charge in [0.25, 0.3) is 5.91 Å². The third-order valence-corrected chi connectivity index (χ3v) is 5.19. The number of aromatic nitrogens is 2. The van der Waals surface area contributed by atoms with E-state index in [4.69, 9.17) is 17.3 Å². The molecule has 3 rings (SSSR count). The molecule has 0 unspecified atom stereocenters. The molecule has 0 bridgehead atoms.